The third-order valence-electron chi connectivity index (χ3n) is 4.44. The van der Waals surface area contributed by atoms with Crippen molar-refractivity contribution in [3.8, 4) is 11.8 Å². The van der Waals surface area contributed by atoms with Crippen LogP contribution in [0.15, 0.2) is 27.8 Å². The van der Waals surface area contributed by atoms with Crippen LogP contribution in [0.25, 0.3) is 0 Å². The highest BCUT2D eigenvalue weighted by Crippen LogP contribution is 2.28. The Hall–Kier alpha value is -1.68. The molecule has 1 atom stereocenters. The first-order valence-electron chi connectivity index (χ1n) is 8.59. The number of hydrogen-bond acceptors (Lipinski definition) is 6. The lowest BCUT2D eigenvalue weighted by atomic mass is 10.0. The fourth-order valence-electron chi connectivity index (χ4n) is 2.90. The molecule has 0 aromatic carbocycles. The van der Waals surface area contributed by atoms with Crippen molar-refractivity contribution in [1.82, 2.24) is 15.2 Å². The number of aromatic nitrogens is 1. The molecule has 0 bridgehead atoms. The summed E-state index contributed by atoms with van der Waals surface area (Å²) in [6.07, 6.45) is 4.31. The van der Waals surface area contributed by atoms with Crippen LogP contribution >= 0.6 is 11.3 Å². The Labute approximate surface area is 146 Å². The molecule has 4 rings (SSSR count). The van der Waals surface area contributed by atoms with E-state index in [1.807, 2.05) is 11.6 Å². The van der Waals surface area contributed by atoms with Gasteiger partial charge in [-0.25, -0.2) is 4.98 Å². The van der Waals surface area contributed by atoms with Gasteiger partial charge in [0.2, 0.25) is 0 Å². The van der Waals surface area contributed by atoms with Crippen LogP contribution in [0.2, 0.25) is 0 Å². The predicted molar refractivity (Wildman–Crippen MR) is 96.0 cm³/mol. The zero-order valence-electron chi connectivity index (χ0n) is 13.9. The van der Waals surface area contributed by atoms with E-state index in [0.717, 1.165) is 49.3 Å². The number of aliphatic imine (C=N–C) groups is 1. The largest absolute Gasteiger partial charge is 0.379 e. The molecule has 1 N–H and O–H groups in total. The van der Waals surface area contributed by atoms with E-state index in [9.17, 15) is 0 Å². The van der Waals surface area contributed by atoms with Crippen LogP contribution < -0.4 is 5.32 Å². The molecule has 126 valence electrons. The normalized spacial score (nSPS) is 24.9. The highest BCUT2D eigenvalue weighted by atomic mass is 32.1. The van der Waals surface area contributed by atoms with Gasteiger partial charge in [0.05, 0.1) is 19.3 Å². The molecule has 5 nitrogen and oxygen atoms in total. The van der Waals surface area contributed by atoms with Crippen LogP contribution in [-0.2, 0) is 4.74 Å². The molecule has 0 spiro atoms. The summed E-state index contributed by atoms with van der Waals surface area (Å²) in [6.45, 7) is 6.54. The van der Waals surface area contributed by atoms with Crippen LogP contribution in [0.3, 0.4) is 0 Å². The molecule has 1 saturated heterocycles. The number of amidine groups is 1. The molecule has 0 radical (unpaired) electrons. The quantitative estimate of drug-likeness (QED) is 0.852. The average Bonchev–Trinajstić information content (AvgIpc) is 3.25. The molecule has 1 unspecified atom stereocenters. The van der Waals surface area contributed by atoms with Gasteiger partial charge in [-0.1, -0.05) is 11.8 Å². The highest BCUT2D eigenvalue weighted by Gasteiger charge is 2.25. The monoisotopic (exact) mass is 342 g/mol. The maximum absolute atomic E-state index is 5.47. The summed E-state index contributed by atoms with van der Waals surface area (Å²) in [5.41, 5.74) is 2.31. The lowest BCUT2D eigenvalue weighted by molar-refractivity contribution is 0.0417. The van der Waals surface area contributed by atoms with Gasteiger partial charge in [0.25, 0.3) is 0 Å². The van der Waals surface area contributed by atoms with Crippen LogP contribution in [0.1, 0.15) is 24.8 Å². The minimum Gasteiger partial charge on any atom is -0.379 e. The van der Waals surface area contributed by atoms with E-state index < -0.39 is 0 Å². The first-order chi connectivity index (χ1) is 11.8. The minimum atomic E-state index is 0.0763. The van der Waals surface area contributed by atoms with Gasteiger partial charge in [0, 0.05) is 48.4 Å². The summed E-state index contributed by atoms with van der Waals surface area (Å²) >= 11 is 1.61. The van der Waals surface area contributed by atoms with Crippen molar-refractivity contribution in [2.24, 2.45) is 10.9 Å². The van der Waals surface area contributed by atoms with Crippen LogP contribution in [0, 0.1) is 17.8 Å². The summed E-state index contributed by atoms with van der Waals surface area (Å²) in [6, 6.07) is 0.0763. The molecule has 1 saturated carbocycles. The van der Waals surface area contributed by atoms with Gasteiger partial charge in [-0.2, -0.15) is 0 Å². The first kappa shape index (κ1) is 15.8. The molecule has 1 aromatic rings. The Balaban J connectivity index is 1.59. The molecule has 2 fully saturated rings. The van der Waals surface area contributed by atoms with E-state index in [1.54, 1.807) is 11.3 Å². The van der Waals surface area contributed by atoms with E-state index >= 15 is 0 Å². The number of morpholine rings is 1. The molecule has 3 heterocycles. The van der Waals surface area contributed by atoms with E-state index in [0.29, 0.717) is 5.92 Å². The van der Waals surface area contributed by atoms with Gasteiger partial charge in [-0.15, -0.1) is 11.3 Å². The molecule has 2 aliphatic heterocycles. The summed E-state index contributed by atoms with van der Waals surface area (Å²) < 4.78 is 5.47. The Kier molecular flexibility index (Phi) is 4.65. The standard InChI is InChI=1S/C18H22N4OS/c1-13-15(5-4-14-2-3-14)16(12-22-7-9-23-10-8-22)21-17(20-13)18-19-6-11-24-18/h6,11,13-14H,2-3,7-10,12H2,1H3,(H,20,21). The Morgan fingerprint density at radius 2 is 2.21 bits per heavy atom. The fraction of sp³-hybridized carbons (Fsp3) is 0.556. The number of rotatable bonds is 3. The first-order valence-corrected chi connectivity index (χ1v) is 9.47. The number of nitrogens with one attached hydrogen (secondary N) is 1. The SMILES string of the molecule is CC1N=C(c2nccs2)NC(CN2CCOCC2)=C1C#CC1CC1. The summed E-state index contributed by atoms with van der Waals surface area (Å²) in [7, 11) is 0. The van der Waals surface area contributed by atoms with Gasteiger partial charge in [0.15, 0.2) is 10.8 Å². The minimum absolute atomic E-state index is 0.0763. The van der Waals surface area contributed by atoms with Gasteiger partial charge >= 0.3 is 0 Å². The third-order valence-corrected chi connectivity index (χ3v) is 5.22. The molecular formula is C18H22N4OS. The highest BCUT2D eigenvalue weighted by molar-refractivity contribution is 7.11. The van der Waals surface area contributed by atoms with Crippen LogP contribution in [0.5, 0.6) is 0 Å². The lowest BCUT2D eigenvalue weighted by Gasteiger charge is -2.30. The second kappa shape index (κ2) is 7.06. The zero-order chi connectivity index (χ0) is 16.4. The van der Waals surface area contributed by atoms with Crippen LogP contribution in [0.4, 0.5) is 0 Å². The fourth-order valence-corrected chi connectivity index (χ4v) is 3.48. The molecule has 6 heteroatoms. The van der Waals surface area contributed by atoms with Crippen molar-refractivity contribution in [2.75, 3.05) is 32.8 Å². The zero-order valence-corrected chi connectivity index (χ0v) is 14.7. The number of ether oxygens (including phenoxy) is 1. The third kappa shape index (κ3) is 3.69. The van der Waals surface area contributed by atoms with Gasteiger partial charge in [-0.3, -0.25) is 9.89 Å². The molecule has 24 heavy (non-hydrogen) atoms. The number of hydrogen-bond donors (Lipinski definition) is 1. The second-order valence-electron chi connectivity index (χ2n) is 6.44. The van der Waals surface area contributed by atoms with E-state index in [-0.39, 0.29) is 6.04 Å². The van der Waals surface area contributed by atoms with Crippen molar-refractivity contribution in [2.45, 2.75) is 25.8 Å². The maximum Gasteiger partial charge on any atom is 0.162 e. The Morgan fingerprint density at radius 3 is 2.92 bits per heavy atom. The average molecular weight is 342 g/mol. The number of thiazole rings is 1. The molecule has 0 amide bonds. The molecule has 1 aromatic heterocycles. The Morgan fingerprint density at radius 1 is 1.38 bits per heavy atom. The molecule has 3 aliphatic rings. The van der Waals surface area contributed by atoms with E-state index in [4.69, 9.17) is 9.73 Å². The summed E-state index contributed by atoms with van der Waals surface area (Å²) in [4.78, 5) is 11.6. The topological polar surface area (TPSA) is 49.8 Å². The predicted octanol–water partition coefficient (Wildman–Crippen LogP) is 1.88. The molecular weight excluding hydrogens is 320 g/mol. The summed E-state index contributed by atoms with van der Waals surface area (Å²) in [5, 5.41) is 6.44. The second-order valence-corrected chi connectivity index (χ2v) is 7.33. The van der Waals surface area contributed by atoms with E-state index in [1.165, 1.54) is 18.5 Å². The van der Waals surface area contributed by atoms with Crippen molar-refractivity contribution in [3.05, 3.63) is 27.9 Å². The van der Waals surface area contributed by atoms with E-state index in [2.05, 4.69) is 34.0 Å². The van der Waals surface area contributed by atoms with Crippen LogP contribution in [-0.4, -0.2) is 54.6 Å². The van der Waals surface area contributed by atoms with Crippen molar-refractivity contribution >= 4 is 17.2 Å². The maximum atomic E-state index is 5.47. The van der Waals surface area contributed by atoms with Crippen molar-refractivity contribution in [3.63, 3.8) is 0 Å². The lowest BCUT2D eigenvalue weighted by Crippen LogP contribution is -2.43. The Bertz CT molecular complexity index is 703. The van der Waals surface area contributed by atoms with Gasteiger partial charge in [-0.05, 0) is 19.8 Å². The van der Waals surface area contributed by atoms with Crippen molar-refractivity contribution < 1.29 is 4.74 Å². The van der Waals surface area contributed by atoms with Gasteiger partial charge in [0.1, 0.15) is 0 Å². The summed E-state index contributed by atoms with van der Waals surface area (Å²) in [5.74, 6) is 8.29. The van der Waals surface area contributed by atoms with Crippen molar-refractivity contribution in [1.29, 1.82) is 0 Å². The van der Waals surface area contributed by atoms with Gasteiger partial charge < -0.3 is 10.1 Å². The number of nitrogens with zero attached hydrogens (tertiary/aromatic N) is 3. The smallest absolute Gasteiger partial charge is 0.162 e. The molecule has 1 aliphatic carbocycles.